The van der Waals surface area contributed by atoms with E-state index in [1.807, 2.05) is 53.7 Å². The van der Waals surface area contributed by atoms with Gasteiger partial charge in [0.2, 0.25) is 0 Å². The van der Waals surface area contributed by atoms with Gasteiger partial charge in [-0.3, -0.25) is 19.7 Å². The molecule has 0 saturated heterocycles. The maximum atomic E-state index is 4.79. The zero-order valence-corrected chi connectivity index (χ0v) is 15.2. The van der Waals surface area contributed by atoms with Crippen LogP contribution in [0.25, 0.3) is 44.7 Å². The second kappa shape index (κ2) is 6.70. The van der Waals surface area contributed by atoms with E-state index in [-0.39, 0.29) is 0 Å². The van der Waals surface area contributed by atoms with Gasteiger partial charge in [-0.1, -0.05) is 6.07 Å². The summed E-state index contributed by atoms with van der Waals surface area (Å²) < 4.78 is 1.89. The Kier molecular flexibility index (Phi) is 3.90. The fourth-order valence-electron chi connectivity index (χ4n) is 3.31. The predicted molar refractivity (Wildman–Crippen MR) is 107 cm³/mol. The Hall–Kier alpha value is -3.87. The molecule has 0 aliphatic heterocycles. The number of fused-ring (bicyclic) bond motifs is 1. The molecule has 136 valence electrons. The molecule has 0 saturated carbocycles. The minimum Gasteiger partial charge on any atom is -0.275 e. The SMILES string of the molecule is CCn1cc(-c2cc(-c3cccnc3)c3c(-c4cccnc4)[nH]nc3n2)cn1. The molecule has 0 unspecified atom stereocenters. The number of H-pyrrole nitrogens is 1. The van der Waals surface area contributed by atoms with Crippen LogP contribution in [-0.4, -0.2) is 34.9 Å². The van der Waals surface area contributed by atoms with E-state index in [0.29, 0.717) is 5.65 Å². The van der Waals surface area contributed by atoms with E-state index >= 15 is 0 Å². The minimum absolute atomic E-state index is 0.652. The molecule has 5 aromatic heterocycles. The van der Waals surface area contributed by atoms with Crippen LogP contribution >= 0.6 is 0 Å². The highest BCUT2D eigenvalue weighted by atomic mass is 15.3. The van der Waals surface area contributed by atoms with E-state index < -0.39 is 0 Å². The summed E-state index contributed by atoms with van der Waals surface area (Å²) in [6, 6.07) is 9.96. The number of nitrogens with one attached hydrogen (secondary N) is 1. The second-order valence-electron chi connectivity index (χ2n) is 6.42. The van der Waals surface area contributed by atoms with Gasteiger partial charge in [0.1, 0.15) is 0 Å². The smallest absolute Gasteiger partial charge is 0.182 e. The van der Waals surface area contributed by atoms with Crippen molar-refractivity contribution in [2.24, 2.45) is 0 Å². The molecule has 7 nitrogen and oxygen atoms in total. The molecule has 5 heterocycles. The molecule has 0 atom stereocenters. The summed E-state index contributed by atoms with van der Waals surface area (Å²) in [5.74, 6) is 0. The van der Waals surface area contributed by atoms with E-state index in [1.54, 1.807) is 12.4 Å². The van der Waals surface area contributed by atoms with Crippen molar-refractivity contribution < 1.29 is 0 Å². The van der Waals surface area contributed by atoms with Gasteiger partial charge in [-0.2, -0.15) is 10.2 Å². The van der Waals surface area contributed by atoms with Crippen LogP contribution in [0.4, 0.5) is 0 Å². The van der Waals surface area contributed by atoms with Crippen LogP contribution in [-0.2, 0) is 6.54 Å². The molecule has 0 fully saturated rings. The number of aromatic amines is 1. The lowest BCUT2D eigenvalue weighted by atomic mass is 9.99. The maximum absolute atomic E-state index is 4.79. The quantitative estimate of drug-likeness (QED) is 0.519. The highest BCUT2D eigenvalue weighted by Crippen LogP contribution is 2.36. The average molecular weight is 367 g/mol. The number of nitrogens with zero attached hydrogens (tertiary/aromatic N) is 6. The largest absolute Gasteiger partial charge is 0.275 e. The van der Waals surface area contributed by atoms with Crippen molar-refractivity contribution in [2.45, 2.75) is 13.5 Å². The fourth-order valence-corrected chi connectivity index (χ4v) is 3.31. The van der Waals surface area contributed by atoms with Gasteiger partial charge in [0.25, 0.3) is 0 Å². The molecular weight excluding hydrogens is 350 g/mol. The summed E-state index contributed by atoms with van der Waals surface area (Å²) in [4.78, 5) is 13.3. The van der Waals surface area contributed by atoms with Crippen LogP contribution < -0.4 is 0 Å². The molecular formula is C21H17N7. The molecule has 5 rings (SSSR count). The predicted octanol–water partition coefficient (Wildman–Crippen LogP) is 3.97. The van der Waals surface area contributed by atoms with E-state index in [2.05, 4.69) is 38.3 Å². The number of aryl methyl sites for hydroxylation is 1. The van der Waals surface area contributed by atoms with Crippen molar-refractivity contribution in [2.75, 3.05) is 0 Å². The summed E-state index contributed by atoms with van der Waals surface area (Å²) in [7, 11) is 0. The summed E-state index contributed by atoms with van der Waals surface area (Å²) in [6.07, 6.45) is 11.0. The first kappa shape index (κ1) is 16.3. The van der Waals surface area contributed by atoms with E-state index in [4.69, 9.17) is 4.98 Å². The van der Waals surface area contributed by atoms with E-state index in [1.165, 1.54) is 0 Å². The van der Waals surface area contributed by atoms with Gasteiger partial charge in [0.05, 0.1) is 23.0 Å². The topological polar surface area (TPSA) is 85.2 Å². The van der Waals surface area contributed by atoms with Crippen LogP contribution in [0, 0.1) is 0 Å². The normalized spacial score (nSPS) is 11.2. The first-order valence-electron chi connectivity index (χ1n) is 9.06. The third-order valence-corrected chi connectivity index (χ3v) is 4.70. The molecule has 28 heavy (non-hydrogen) atoms. The molecule has 0 amide bonds. The van der Waals surface area contributed by atoms with Crippen LogP contribution in [0.15, 0.2) is 67.5 Å². The number of pyridine rings is 3. The highest BCUT2D eigenvalue weighted by molar-refractivity contribution is 6.03. The molecule has 7 heteroatoms. The maximum Gasteiger partial charge on any atom is 0.182 e. The van der Waals surface area contributed by atoms with Crippen LogP contribution in [0.1, 0.15) is 6.92 Å². The fraction of sp³-hybridized carbons (Fsp3) is 0.0952. The Balaban J connectivity index is 1.79. The minimum atomic E-state index is 0.652. The van der Waals surface area contributed by atoms with E-state index in [9.17, 15) is 0 Å². The van der Waals surface area contributed by atoms with Gasteiger partial charge in [0.15, 0.2) is 5.65 Å². The summed E-state index contributed by atoms with van der Waals surface area (Å²) in [5.41, 5.74) is 6.32. The Morgan fingerprint density at radius 3 is 2.43 bits per heavy atom. The summed E-state index contributed by atoms with van der Waals surface area (Å²) in [6.45, 7) is 2.87. The lowest BCUT2D eigenvalue weighted by Gasteiger charge is -2.08. The number of rotatable bonds is 4. The Labute approximate surface area is 161 Å². The Bertz CT molecular complexity index is 1240. The Morgan fingerprint density at radius 2 is 1.75 bits per heavy atom. The van der Waals surface area contributed by atoms with Crippen LogP contribution in [0.3, 0.4) is 0 Å². The van der Waals surface area contributed by atoms with Gasteiger partial charge in [-0.15, -0.1) is 0 Å². The first-order chi connectivity index (χ1) is 13.8. The van der Waals surface area contributed by atoms with Crippen LogP contribution in [0.2, 0.25) is 0 Å². The lowest BCUT2D eigenvalue weighted by molar-refractivity contribution is 0.660. The Morgan fingerprint density at radius 1 is 0.964 bits per heavy atom. The van der Waals surface area contributed by atoms with Crippen molar-refractivity contribution in [3.8, 4) is 33.6 Å². The van der Waals surface area contributed by atoms with Crippen molar-refractivity contribution in [3.05, 3.63) is 67.5 Å². The van der Waals surface area contributed by atoms with Gasteiger partial charge in [-0.05, 0) is 36.8 Å². The van der Waals surface area contributed by atoms with Crippen molar-refractivity contribution >= 4 is 11.0 Å². The molecule has 0 radical (unpaired) electrons. The summed E-state index contributed by atoms with van der Waals surface area (Å²) in [5, 5.41) is 12.9. The summed E-state index contributed by atoms with van der Waals surface area (Å²) >= 11 is 0. The zero-order valence-electron chi connectivity index (χ0n) is 15.2. The number of hydrogen-bond acceptors (Lipinski definition) is 5. The molecule has 0 aliphatic rings. The molecule has 0 aromatic carbocycles. The molecule has 0 spiro atoms. The molecule has 0 aliphatic carbocycles. The van der Waals surface area contributed by atoms with E-state index in [0.717, 1.165) is 45.6 Å². The molecule has 0 bridgehead atoms. The van der Waals surface area contributed by atoms with Gasteiger partial charge < -0.3 is 0 Å². The third-order valence-electron chi connectivity index (χ3n) is 4.70. The van der Waals surface area contributed by atoms with Crippen molar-refractivity contribution in [1.29, 1.82) is 0 Å². The number of aromatic nitrogens is 7. The standard InChI is InChI=1S/C21H17N7/c1-2-28-13-16(12-24-28)18-9-17(14-5-3-7-22-10-14)19-20(26-27-21(19)25-18)15-6-4-8-23-11-15/h3-13H,2H2,1H3,(H,25,26,27). The zero-order chi connectivity index (χ0) is 18.9. The first-order valence-corrected chi connectivity index (χ1v) is 9.06. The van der Waals surface area contributed by atoms with Gasteiger partial charge >= 0.3 is 0 Å². The molecule has 1 N–H and O–H groups in total. The molecule has 5 aromatic rings. The average Bonchev–Trinajstić information content (AvgIpc) is 3.41. The third kappa shape index (κ3) is 2.73. The van der Waals surface area contributed by atoms with Crippen molar-refractivity contribution in [3.63, 3.8) is 0 Å². The van der Waals surface area contributed by atoms with Crippen LogP contribution in [0.5, 0.6) is 0 Å². The van der Waals surface area contributed by atoms with Crippen molar-refractivity contribution in [1.82, 2.24) is 34.9 Å². The monoisotopic (exact) mass is 367 g/mol. The lowest BCUT2D eigenvalue weighted by Crippen LogP contribution is -1.92. The number of hydrogen-bond donors (Lipinski definition) is 1. The van der Waals surface area contributed by atoms with Gasteiger partial charge in [0, 0.05) is 54.2 Å². The van der Waals surface area contributed by atoms with Gasteiger partial charge in [-0.25, -0.2) is 4.98 Å². The highest BCUT2D eigenvalue weighted by Gasteiger charge is 2.17. The second-order valence-corrected chi connectivity index (χ2v) is 6.42.